The van der Waals surface area contributed by atoms with Crippen LogP contribution in [-0.4, -0.2) is 66.0 Å². The van der Waals surface area contributed by atoms with Gasteiger partial charge >= 0.3 is 6.03 Å². The average molecular weight is 518 g/mol. The van der Waals surface area contributed by atoms with Crippen LogP contribution in [0.5, 0.6) is 0 Å². The molecule has 1 N–H and O–H groups in total. The van der Waals surface area contributed by atoms with Crippen molar-refractivity contribution in [1.82, 2.24) is 15.1 Å². The van der Waals surface area contributed by atoms with E-state index in [2.05, 4.69) is 46.6 Å². The predicted octanol–water partition coefficient (Wildman–Crippen LogP) is 5.30. The lowest BCUT2D eigenvalue weighted by Crippen LogP contribution is -2.54. The largest absolute Gasteiger partial charge is 0.334 e. The molecule has 0 radical (unpaired) electrons. The summed E-state index contributed by atoms with van der Waals surface area (Å²) in [5, 5.41) is 3.35. The van der Waals surface area contributed by atoms with Crippen LogP contribution in [0, 0.1) is 0 Å². The number of amides is 2. The Morgan fingerprint density at radius 2 is 1.30 bits per heavy atom. The minimum atomic E-state index is -0.153. The van der Waals surface area contributed by atoms with E-state index in [-0.39, 0.29) is 23.2 Å². The maximum absolute atomic E-state index is 13.9. The molecule has 0 aliphatic rings. The van der Waals surface area contributed by atoms with Crippen molar-refractivity contribution in [3.05, 3.63) is 108 Å². The van der Waals surface area contributed by atoms with Crippen molar-refractivity contribution >= 4 is 22.9 Å². The molecule has 0 bridgehead atoms. The van der Waals surface area contributed by atoms with Gasteiger partial charge in [-0.3, -0.25) is 4.79 Å². The van der Waals surface area contributed by atoms with Crippen LogP contribution in [0.1, 0.15) is 23.6 Å². The predicted molar refractivity (Wildman–Crippen MR) is 155 cm³/mol. The van der Waals surface area contributed by atoms with E-state index in [1.54, 1.807) is 6.92 Å². The zero-order valence-corrected chi connectivity index (χ0v) is 23.0. The molecule has 3 aromatic rings. The number of hydrogen-bond acceptors (Lipinski definition) is 4. The summed E-state index contributed by atoms with van der Waals surface area (Å²) in [6, 6.07) is 30.6. The van der Waals surface area contributed by atoms with Crippen molar-refractivity contribution in [1.29, 1.82) is 0 Å². The van der Waals surface area contributed by atoms with Gasteiger partial charge in [0, 0.05) is 31.8 Å². The Kier molecular flexibility index (Phi) is 11.7. The third-order valence-electron chi connectivity index (χ3n) is 6.22. The zero-order chi connectivity index (χ0) is 26.5. The summed E-state index contributed by atoms with van der Waals surface area (Å²) in [5.74, 6) is 0.541. The number of nitrogens with one attached hydrogen (secondary N) is 1. The summed E-state index contributed by atoms with van der Waals surface area (Å²) in [6.07, 6.45) is 2.22. The van der Waals surface area contributed by atoms with Gasteiger partial charge < -0.3 is 15.1 Å². The second-order valence-electron chi connectivity index (χ2n) is 9.67. The quantitative estimate of drug-likeness (QED) is 0.334. The number of carbonyl (C=O) groups is 2. The number of carbonyl (C=O) groups excluding carboxylic acids is 2. The number of thioether (sulfide) groups is 1. The van der Waals surface area contributed by atoms with Gasteiger partial charge in [-0.05, 0) is 50.0 Å². The summed E-state index contributed by atoms with van der Waals surface area (Å²) >= 11 is 1.26. The van der Waals surface area contributed by atoms with E-state index in [1.165, 1.54) is 22.9 Å². The smallest absolute Gasteiger partial charge is 0.317 e. The number of hydrogen-bond donors (Lipinski definition) is 1. The summed E-state index contributed by atoms with van der Waals surface area (Å²) in [4.78, 5) is 29.8. The molecule has 5 nitrogen and oxygen atoms in total. The van der Waals surface area contributed by atoms with Gasteiger partial charge in [0.05, 0.1) is 6.04 Å². The molecule has 0 heterocycles. The van der Waals surface area contributed by atoms with Crippen LogP contribution in [0.3, 0.4) is 0 Å². The Balaban J connectivity index is 1.83. The monoisotopic (exact) mass is 517 g/mol. The van der Waals surface area contributed by atoms with E-state index in [1.807, 2.05) is 73.6 Å². The molecule has 0 aliphatic carbocycles. The lowest BCUT2D eigenvalue weighted by Gasteiger charge is -2.35. The Morgan fingerprint density at radius 1 is 0.784 bits per heavy atom. The van der Waals surface area contributed by atoms with E-state index in [9.17, 15) is 9.59 Å². The zero-order valence-electron chi connectivity index (χ0n) is 22.2. The highest BCUT2D eigenvalue weighted by Crippen LogP contribution is 2.15. The minimum absolute atomic E-state index is 0.000974. The minimum Gasteiger partial charge on any atom is -0.334 e. The van der Waals surface area contributed by atoms with Crippen LogP contribution in [-0.2, 0) is 24.1 Å². The van der Waals surface area contributed by atoms with Gasteiger partial charge in [0.2, 0.25) is 0 Å². The van der Waals surface area contributed by atoms with E-state index < -0.39 is 0 Å². The standard InChI is InChI=1S/C31H39N3O2S/c1-25(35)37-24-29(21-27-15-9-5-10-16-27)32-31(36)34(20-19-26-13-7-4-8-14-26)30(23-33(2)3)22-28-17-11-6-12-18-28/h4-18,29-30H,19-24H2,1-3H3,(H,32,36)/t29-,30-/m0/s1. The first kappa shape index (κ1) is 28.5. The number of urea groups is 1. The van der Waals surface area contributed by atoms with Crippen molar-refractivity contribution in [3.8, 4) is 0 Å². The van der Waals surface area contributed by atoms with Gasteiger partial charge in [-0.25, -0.2) is 4.79 Å². The molecular weight excluding hydrogens is 478 g/mol. The van der Waals surface area contributed by atoms with E-state index in [0.29, 0.717) is 18.7 Å². The van der Waals surface area contributed by atoms with E-state index in [0.717, 1.165) is 24.9 Å². The van der Waals surface area contributed by atoms with Crippen LogP contribution in [0.2, 0.25) is 0 Å². The first-order chi connectivity index (χ1) is 17.9. The summed E-state index contributed by atoms with van der Waals surface area (Å²) in [7, 11) is 4.10. The molecule has 0 aliphatic heterocycles. The molecule has 0 fully saturated rings. The van der Waals surface area contributed by atoms with Crippen LogP contribution in [0.15, 0.2) is 91.0 Å². The van der Waals surface area contributed by atoms with Gasteiger partial charge in [0.25, 0.3) is 0 Å². The number of likely N-dealkylation sites (N-methyl/N-ethyl adjacent to an activating group) is 1. The van der Waals surface area contributed by atoms with Crippen LogP contribution in [0.4, 0.5) is 4.79 Å². The third kappa shape index (κ3) is 10.4. The maximum atomic E-state index is 13.9. The molecule has 2 amide bonds. The summed E-state index contributed by atoms with van der Waals surface area (Å²) in [6.45, 7) is 2.94. The third-order valence-corrected chi connectivity index (χ3v) is 7.19. The van der Waals surface area contributed by atoms with Gasteiger partial charge in [-0.15, -0.1) is 0 Å². The van der Waals surface area contributed by atoms with Gasteiger partial charge in [0.1, 0.15) is 0 Å². The fraction of sp³-hybridized carbons (Fsp3) is 0.355. The van der Waals surface area contributed by atoms with Gasteiger partial charge in [-0.2, -0.15) is 0 Å². The highest BCUT2D eigenvalue weighted by atomic mass is 32.2. The molecule has 3 aromatic carbocycles. The maximum Gasteiger partial charge on any atom is 0.317 e. The fourth-order valence-electron chi connectivity index (χ4n) is 4.45. The lowest BCUT2D eigenvalue weighted by molar-refractivity contribution is -0.109. The SMILES string of the molecule is CC(=O)SC[C@H](Cc1ccccc1)NC(=O)N(CCc1ccccc1)[C@@H](Cc1ccccc1)CN(C)C. The first-order valence-corrected chi connectivity index (χ1v) is 13.9. The van der Waals surface area contributed by atoms with Crippen LogP contribution >= 0.6 is 11.8 Å². The Bertz CT molecular complexity index is 1080. The van der Waals surface area contributed by atoms with Crippen LogP contribution < -0.4 is 5.32 Å². The van der Waals surface area contributed by atoms with E-state index in [4.69, 9.17) is 0 Å². The van der Waals surface area contributed by atoms with E-state index >= 15 is 0 Å². The lowest BCUT2D eigenvalue weighted by atomic mass is 10.0. The van der Waals surface area contributed by atoms with Crippen molar-refractivity contribution < 1.29 is 9.59 Å². The molecule has 196 valence electrons. The van der Waals surface area contributed by atoms with Gasteiger partial charge in [0.15, 0.2) is 5.12 Å². The molecule has 0 spiro atoms. The van der Waals surface area contributed by atoms with Gasteiger partial charge in [-0.1, -0.05) is 103 Å². The average Bonchev–Trinajstić information content (AvgIpc) is 2.89. The molecule has 0 unspecified atom stereocenters. The second kappa shape index (κ2) is 15.2. The Morgan fingerprint density at radius 3 is 1.81 bits per heavy atom. The fourth-order valence-corrected chi connectivity index (χ4v) is 5.09. The number of nitrogens with zero attached hydrogens (tertiary/aromatic N) is 2. The molecule has 2 atom stereocenters. The van der Waals surface area contributed by atoms with Crippen molar-refractivity contribution in [2.75, 3.05) is 32.9 Å². The molecule has 3 rings (SSSR count). The first-order valence-electron chi connectivity index (χ1n) is 12.9. The van der Waals surface area contributed by atoms with Crippen molar-refractivity contribution in [2.45, 2.75) is 38.3 Å². The van der Waals surface area contributed by atoms with Crippen molar-refractivity contribution in [3.63, 3.8) is 0 Å². The molecule has 0 saturated heterocycles. The normalized spacial score (nSPS) is 12.6. The number of benzene rings is 3. The molecular formula is C31H39N3O2S. The number of rotatable bonds is 13. The Hall–Kier alpha value is -3.09. The topological polar surface area (TPSA) is 52.7 Å². The summed E-state index contributed by atoms with van der Waals surface area (Å²) in [5.41, 5.74) is 3.55. The van der Waals surface area contributed by atoms with Crippen LogP contribution in [0.25, 0.3) is 0 Å². The molecule has 0 saturated carbocycles. The second-order valence-corrected chi connectivity index (χ2v) is 10.9. The molecule has 37 heavy (non-hydrogen) atoms. The van der Waals surface area contributed by atoms with Crippen molar-refractivity contribution in [2.24, 2.45) is 0 Å². The summed E-state index contributed by atoms with van der Waals surface area (Å²) < 4.78 is 0. The Labute approximate surface area is 226 Å². The molecule has 6 heteroatoms. The highest BCUT2D eigenvalue weighted by molar-refractivity contribution is 8.13. The highest BCUT2D eigenvalue weighted by Gasteiger charge is 2.27. The molecule has 0 aromatic heterocycles.